The number of nitrogens with one attached hydrogen (secondary N) is 2. The Balaban J connectivity index is 2.16. The van der Waals surface area contributed by atoms with Gasteiger partial charge in [0.15, 0.2) is 5.60 Å². The Labute approximate surface area is 116 Å². The van der Waals surface area contributed by atoms with Crippen LogP contribution in [0.5, 0.6) is 5.75 Å². The number of carboxylic acid groups (broad SMARTS) is 1. The van der Waals surface area contributed by atoms with Crippen molar-refractivity contribution in [2.24, 2.45) is 0 Å². The highest BCUT2D eigenvalue weighted by atomic mass is 16.5. The fourth-order valence-corrected chi connectivity index (χ4v) is 1.24. The minimum atomic E-state index is -1.99. The number of amides is 2. The molecule has 4 N–H and O–H groups in total. The van der Waals surface area contributed by atoms with Gasteiger partial charge in [0.25, 0.3) is 0 Å². The van der Waals surface area contributed by atoms with E-state index < -0.39 is 17.6 Å². The summed E-state index contributed by atoms with van der Waals surface area (Å²) in [7, 11) is 0. The number of aliphatic hydroxyl groups is 1. The molecule has 0 radical (unpaired) electrons. The molecular formula is C13H18N2O5. The van der Waals surface area contributed by atoms with E-state index >= 15 is 0 Å². The number of aliphatic carboxylic acids is 1. The predicted molar refractivity (Wildman–Crippen MR) is 71.6 cm³/mol. The van der Waals surface area contributed by atoms with Crippen molar-refractivity contribution in [2.75, 3.05) is 19.7 Å². The monoisotopic (exact) mass is 282 g/mol. The van der Waals surface area contributed by atoms with E-state index in [4.69, 9.17) is 9.84 Å². The molecule has 1 aromatic carbocycles. The van der Waals surface area contributed by atoms with Gasteiger partial charge in [-0.05, 0) is 19.1 Å². The van der Waals surface area contributed by atoms with E-state index in [9.17, 15) is 14.7 Å². The number of rotatable bonds is 7. The van der Waals surface area contributed by atoms with Gasteiger partial charge in [-0.25, -0.2) is 9.59 Å². The summed E-state index contributed by atoms with van der Waals surface area (Å²) in [6.07, 6.45) is 0. The highest BCUT2D eigenvalue weighted by Gasteiger charge is 2.30. The number of hydrogen-bond acceptors (Lipinski definition) is 4. The summed E-state index contributed by atoms with van der Waals surface area (Å²) in [5, 5.41) is 22.8. The Hall–Kier alpha value is -2.28. The van der Waals surface area contributed by atoms with Crippen molar-refractivity contribution in [3.8, 4) is 5.75 Å². The topological polar surface area (TPSA) is 108 Å². The molecule has 0 spiro atoms. The van der Waals surface area contributed by atoms with Crippen molar-refractivity contribution in [2.45, 2.75) is 12.5 Å². The number of carboxylic acids is 1. The molecule has 1 unspecified atom stereocenters. The normalized spacial score (nSPS) is 13.1. The molecular weight excluding hydrogens is 264 g/mol. The standard InChI is InChI=1S/C13H18N2O5/c1-13(19,11(16)17)9-15-12(18)14-7-8-20-10-5-3-2-4-6-10/h2-6,19H,7-9H2,1H3,(H,16,17)(H2,14,15,18). The fourth-order valence-electron chi connectivity index (χ4n) is 1.24. The van der Waals surface area contributed by atoms with Gasteiger partial charge in [-0.3, -0.25) is 0 Å². The lowest BCUT2D eigenvalue weighted by Gasteiger charge is -2.18. The summed E-state index contributed by atoms with van der Waals surface area (Å²) < 4.78 is 5.35. The minimum absolute atomic E-state index is 0.260. The van der Waals surface area contributed by atoms with Crippen LogP contribution in [-0.4, -0.2) is 47.5 Å². The predicted octanol–water partition coefficient (Wildman–Crippen LogP) is 0.200. The Morgan fingerprint density at radius 1 is 1.25 bits per heavy atom. The molecule has 1 aromatic rings. The van der Waals surface area contributed by atoms with E-state index in [1.165, 1.54) is 0 Å². The first-order chi connectivity index (χ1) is 9.42. The number of hydrogen-bond donors (Lipinski definition) is 4. The average molecular weight is 282 g/mol. The van der Waals surface area contributed by atoms with Crippen molar-refractivity contribution in [1.29, 1.82) is 0 Å². The van der Waals surface area contributed by atoms with Crippen molar-refractivity contribution >= 4 is 12.0 Å². The van der Waals surface area contributed by atoms with Crippen LogP contribution in [0.2, 0.25) is 0 Å². The van der Waals surface area contributed by atoms with E-state index in [0.717, 1.165) is 6.92 Å². The number of para-hydroxylation sites is 1. The van der Waals surface area contributed by atoms with Crippen LogP contribution in [0.25, 0.3) is 0 Å². The molecule has 1 rings (SSSR count). The molecule has 0 saturated heterocycles. The Morgan fingerprint density at radius 2 is 1.90 bits per heavy atom. The highest BCUT2D eigenvalue weighted by molar-refractivity contribution is 5.79. The molecule has 7 heteroatoms. The molecule has 20 heavy (non-hydrogen) atoms. The van der Waals surface area contributed by atoms with Crippen molar-refractivity contribution in [3.05, 3.63) is 30.3 Å². The van der Waals surface area contributed by atoms with E-state index in [0.29, 0.717) is 5.75 Å². The lowest BCUT2D eigenvalue weighted by molar-refractivity contribution is -0.155. The van der Waals surface area contributed by atoms with Gasteiger partial charge in [0.2, 0.25) is 0 Å². The van der Waals surface area contributed by atoms with Gasteiger partial charge in [-0.15, -0.1) is 0 Å². The number of ether oxygens (including phenoxy) is 1. The average Bonchev–Trinajstić information content (AvgIpc) is 2.42. The third-order valence-corrected chi connectivity index (χ3v) is 2.45. The summed E-state index contributed by atoms with van der Waals surface area (Å²) in [5.74, 6) is -0.700. The van der Waals surface area contributed by atoms with Crippen LogP contribution in [0.3, 0.4) is 0 Å². The Bertz CT molecular complexity index is 447. The highest BCUT2D eigenvalue weighted by Crippen LogP contribution is 2.07. The van der Waals surface area contributed by atoms with Crippen LogP contribution in [-0.2, 0) is 4.79 Å². The first kappa shape index (κ1) is 15.8. The first-order valence-electron chi connectivity index (χ1n) is 6.07. The molecule has 0 aromatic heterocycles. The molecule has 7 nitrogen and oxygen atoms in total. The van der Waals surface area contributed by atoms with Gasteiger partial charge in [-0.1, -0.05) is 18.2 Å². The van der Waals surface area contributed by atoms with Gasteiger partial charge < -0.3 is 25.6 Å². The third-order valence-electron chi connectivity index (χ3n) is 2.45. The molecule has 0 bridgehead atoms. The van der Waals surface area contributed by atoms with Crippen LogP contribution in [0.15, 0.2) is 30.3 Å². The Kier molecular flexibility index (Phi) is 5.79. The SMILES string of the molecule is CC(O)(CNC(=O)NCCOc1ccccc1)C(=O)O. The van der Waals surface area contributed by atoms with E-state index in [1.54, 1.807) is 12.1 Å². The molecule has 2 amide bonds. The van der Waals surface area contributed by atoms with Gasteiger partial charge >= 0.3 is 12.0 Å². The van der Waals surface area contributed by atoms with Crippen LogP contribution in [0.4, 0.5) is 4.79 Å². The zero-order valence-electron chi connectivity index (χ0n) is 11.1. The third kappa shape index (κ3) is 5.57. The number of urea groups is 1. The van der Waals surface area contributed by atoms with Gasteiger partial charge in [0, 0.05) is 0 Å². The van der Waals surface area contributed by atoms with Crippen LogP contribution < -0.4 is 15.4 Å². The number of carbonyl (C=O) groups excluding carboxylic acids is 1. The molecule has 110 valence electrons. The fraction of sp³-hybridized carbons (Fsp3) is 0.385. The summed E-state index contributed by atoms with van der Waals surface area (Å²) >= 11 is 0. The molecule has 0 aliphatic carbocycles. The molecule has 0 aliphatic heterocycles. The van der Waals surface area contributed by atoms with E-state index in [-0.39, 0.29) is 19.7 Å². The summed E-state index contributed by atoms with van der Waals surface area (Å²) in [6, 6.07) is 8.57. The van der Waals surface area contributed by atoms with E-state index in [1.807, 2.05) is 18.2 Å². The molecule has 1 atom stereocenters. The number of benzene rings is 1. The molecule has 0 fully saturated rings. The quantitative estimate of drug-likeness (QED) is 0.534. The lowest BCUT2D eigenvalue weighted by atomic mass is 10.1. The summed E-state index contributed by atoms with van der Waals surface area (Å²) in [4.78, 5) is 22.0. The molecule has 0 aliphatic rings. The smallest absolute Gasteiger partial charge is 0.337 e. The zero-order chi connectivity index (χ0) is 15.0. The minimum Gasteiger partial charge on any atom is -0.492 e. The maximum Gasteiger partial charge on any atom is 0.337 e. The largest absolute Gasteiger partial charge is 0.492 e. The van der Waals surface area contributed by atoms with Gasteiger partial charge in [0.1, 0.15) is 12.4 Å². The van der Waals surface area contributed by atoms with Gasteiger partial charge in [0.05, 0.1) is 13.1 Å². The molecule has 0 heterocycles. The maximum absolute atomic E-state index is 11.3. The van der Waals surface area contributed by atoms with Crippen molar-refractivity contribution in [1.82, 2.24) is 10.6 Å². The zero-order valence-corrected chi connectivity index (χ0v) is 11.1. The van der Waals surface area contributed by atoms with Crippen LogP contribution >= 0.6 is 0 Å². The second-order valence-electron chi connectivity index (χ2n) is 4.35. The van der Waals surface area contributed by atoms with Crippen molar-refractivity contribution < 1.29 is 24.5 Å². The summed E-state index contributed by atoms with van der Waals surface area (Å²) in [6.45, 7) is 1.27. The lowest BCUT2D eigenvalue weighted by Crippen LogP contribution is -2.49. The first-order valence-corrected chi connectivity index (χ1v) is 6.07. The van der Waals surface area contributed by atoms with Crippen LogP contribution in [0, 0.1) is 0 Å². The second-order valence-corrected chi connectivity index (χ2v) is 4.35. The maximum atomic E-state index is 11.3. The van der Waals surface area contributed by atoms with Crippen LogP contribution in [0.1, 0.15) is 6.92 Å². The van der Waals surface area contributed by atoms with E-state index in [2.05, 4.69) is 10.6 Å². The second kappa shape index (κ2) is 7.34. The summed E-state index contributed by atoms with van der Waals surface area (Å²) in [5.41, 5.74) is -1.99. The van der Waals surface area contributed by atoms with Crippen molar-refractivity contribution in [3.63, 3.8) is 0 Å². The Morgan fingerprint density at radius 3 is 2.50 bits per heavy atom. The number of carbonyl (C=O) groups is 2. The molecule has 0 saturated carbocycles. The van der Waals surface area contributed by atoms with Gasteiger partial charge in [-0.2, -0.15) is 0 Å².